The Bertz CT molecular complexity index is 421. The first-order chi connectivity index (χ1) is 8.90. The van der Waals surface area contributed by atoms with E-state index in [0.29, 0.717) is 13.1 Å². The third-order valence-electron chi connectivity index (χ3n) is 2.81. The van der Waals surface area contributed by atoms with Gasteiger partial charge in [0.2, 0.25) is 5.82 Å². The van der Waals surface area contributed by atoms with Crippen molar-refractivity contribution in [2.45, 2.75) is 13.5 Å². The lowest BCUT2D eigenvalue weighted by atomic mass is 10.1. The van der Waals surface area contributed by atoms with Crippen LogP contribution in [0, 0.1) is 29.1 Å². The molecular formula is C12H15F5N2. The summed E-state index contributed by atoms with van der Waals surface area (Å²) in [6.07, 6.45) is 0. The lowest BCUT2D eigenvalue weighted by Gasteiger charge is -2.14. The van der Waals surface area contributed by atoms with Gasteiger partial charge in [-0.05, 0) is 13.6 Å². The molecule has 0 aliphatic rings. The van der Waals surface area contributed by atoms with E-state index in [1.807, 2.05) is 18.9 Å². The predicted octanol–water partition coefficient (Wildman–Crippen LogP) is 2.42. The van der Waals surface area contributed by atoms with Crippen LogP contribution >= 0.6 is 0 Å². The molecule has 1 N–H and O–H groups in total. The maximum absolute atomic E-state index is 13.3. The molecule has 0 atom stereocenters. The molecule has 1 aromatic carbocycles. The zero-order chi connectivity index (χ0) is 14.6. The Morgan fingerprint density at radius 2 is 1.37 bits per heavy atom. The van der Waals surface area contributed by atoms with Gasteiger partial charge in [0.1, 0.15) is 0 Å². The van der Waals surface area contributed by atoms with Crippen LogP contribution in [-0.4, -0.2) is 31.6 Å². The molecule has 0 bridgehead atoms. The van der Waals surface area contributed by atoms with Crippen molar-refractivity contribution in [3.63, 3.8) is 0 Å². The minimum atomic E-state index is -2.13. The van der Waals surface area contributed by atoms with E-state index in [9.17, 15) is 22.0 Å². The zero-order valence-electron chi connectivity index (χ0n) is 10.7. The lowest BCUT2D eigenvalue weighted by molar-refractivity contribution is 0.343. The summed E-state index contributed by atoms with van der Waals surface area (Å²) in [7, 11) is 1.85. The molecule has 2 nitrogen and oxygen atoms in total. The summed E-state index contributed by atoms with van der Waals surface area (Å²) in [4.78, 5) is 1.94. The number of nitrogens with one attached hydrogen (secondary N) is 1. The van der Waals surface area contributed by atoms with Crippen LogP contribution in [0.3, 0.4) is 0 Å². The van der Waals surface area contributed by atoms with Crippen LogP contribution in [0.15, 0.2) is 0 Å². The minimum absolute atomic E-state index is 0.379. The molecule has 0 aliphatic carbocycles. The minimum Gasteiger partial charge on any atom is -0.311 e. The Hall–Kier alpha value is -1.21. The number of rotatable bonds is 6. The van der Waals surface area contributed by atoms with E-state index in [-0.39, 0.29) is 0 Å². The fraction of sp³-hybridized carbons (Fsp3) is 0.500. The SMILES string of the molecule is CCN(C)CCNCc1c(F)c(F)c(F)c(F)c1F. The van der Waals surface area contributed by atoms with E-state index >= 15 is 0 Å². The van der Waals surface area contributed by atoms with E-state index in [1.165, 1.54) is 0 Å². The lowest BCUT2D eigenvalue weighted by Crippen LogP contribution is -2.29. The van der Waals surface area contributed by atoms with Gasteiger partial charge in [-0.3, -0.25) is 0 Å². The van der Waals surface area contributed by atoms with Gasteiger partial charge in [0, 0.05) is 25.2 Å². The molecule has 1 aromatic rings. The standard InChI is InChI=1S/C12H15F5N2/c1-3-19(2)5-4-18-6-7-8(13)10(15)12(17)11(16)9(7)14/h18H,3-6H2,1-2H3. The van der Waals surface area contributed by atoms with Gasteiger partial charge in [0.25, 0.3) is 0 Å². The number of benzene rings is 1. The maximum Gasteiger partial charge on any atom is 0.200 e. The van der Waals surface area contributed by atoms with Crippen molar-refractivity contribution in [1.82, 2.24) is 10.2 Å². The van der Waals surface area contributed by atoms with Crippen LogP contribution in [0.25, 0.3) is 0 Å². The van der Waals surface area contributed by atoms with Gasteiger partial charge in [-0.15, -0.1) is 0 Å². The summed E-state index contributed by atoms with van der Waals surface area (Å²) in [5.41, 5.74) is -0.837. The fourth-order valence-electron chi connectivity index (χ4n) is 1.45. The van der Waals surface area contributed by atoms with Gasteiger partial charge in [-0.1, -0.05) is 6.92 Å². The number of nitrogens with zero attached hydrogens (tertiary/aromatic N) is 1. The molecule has 0 saturated carbocycles. The molecule has 0 spiro atoms. The van der Waals surface area contributed by atoms with Crippen LogP contribution in [0.2, 0.25) is 0 Å². The summed E-state index contributed by atoms with van der Waals surface area (Å²) in [6.45, 7) is 3.30. The molecule has 19 heavy (non-hydrogen) atoms. The summed E-state index contributed by atoms with van der Waals surface area (Å²) < 4.78 is 65.1. The van der Waals surface area contributed by atoms with Crippen molar-refractivity contribution >= 4 is 0 Å². The first-order valence-electron chi connectivity index (χ1n) is 5.79. The molecule has 0 saturated heterocycles. The van der Waals surface area contributed by atoms with Gasteiger partial charge in [-0.25, -0.2) is 22.0 Å². The Labute approximate surface area is 108 Å². The predicted molar refractivity (Wildman–Crippen MR) is 61.1 cm³/mol. The van der Waals surface area contributed by atoms with Crippen molar-refractivity contribution in [2.24, 2.45) is 0 Å². The van der Waals surface area contributed by atoms with Gasteiger partial charge in [0.05, 0.1) is 0 Å². The smallest absolute Gasteiger partial charge is 0.200 e. The molecule has 0 fully saturated rings. The summed E-state index contributed by atoms with van der Waals surface area (Å²) >= 11 is 0. The quantitative estimate of drug-likeness (QED) is 0.373. The van der Waals surface area contributed by atoms with Gasteiger partial charge in [-0.2, -0.15) is 0 Å². The van der Waals surface area contributed by atoms with Crippen LogP contribution in [0.4, 0.5) is 22.0 Å². The number of hydrogen-bond acceptors (Lipinski definition) is 2. The largest absolute Gasteiger partial charge is 0.311 e. The van der Waals surface area contributed by atoms with Crippen molar-refractivity contribution in [1.29, 1.82) is 0 Å². The van der Waals surface area contributed by atoms with Crippen molar-refractivity contribution in [2.75, 3.05) is 26.7 Å². The van der Waals surface area contributed by atoms with E-state index in [4.69, 9.17) is 0 Å². The second-order valence-corrected chi connectivity index (χ2v) is 4.12. The fourth-order valence-corrected chi connectivity index (χ4v) is 1.45. The molecule has 0 aromatic heterocycles. The van der Waals surface area contributed by atoms with E-state index in [1.54, 1.807) is 0 Å². The van der Waals surface area contributed by atoms with E-state index in [0.717, 1.165) is 6.54 Å². The van der Waals surface area contributed by atoms with E-state index in [2.05, 4.69) is 5.32 Å². The van der Waals surface area contributed by atoms with Gasteiger partial charge in [0.15, 0.2) is 23.3 Å². The van der Waals surface area contributed by atoms with E-state index < -0.39 is 41.2 Å². The highest BCUT2D eigenvalue weighted by atomic mass is 19.2. The maximum atomic E-state index is 13.3. The van der Waals surface area contributed by atoms with Crippen LogP contribution in [-0.2, 0) is 6.54 Å². The number of likely N-dealkylation sites (N-methyl/N-ethyl adjacent to an activating group) is 1. The Morgan fingerprint density at radius 3 is 1.84 bits per heavy atom. The molecule has 7 heteroatoms. The average Bonchev–Trinajstić information content (AvgIpc) is 2.41. The Balaban J connectivity index is 2.74. The summed E-state index contributed by atoms with van der Waals surface area (Å²) in [6, 6.07) is 0. The molecule has 0 amide bonds. The Morgan fingerprint density at radius 1 is 0.895 bits per heavy atom. The molecule has 0 radical (unpaired) electrons. The van der Waals surface area contributed by atoms with Crippen LogP contribution in [0.5, 0.6) is 0 Å². The zero-order valence-corrected chi connectivity index (χ0v) is 10.7. The van der Waals surface area contributed by atoms with Crippen LogP contribution < -0.4 is 5.32 Å². The molecule has 0 unspecified atom stereocenters. The van der Waals surface area contributed by atoms with Gasteiger partial charge < -0.3 is 10.2 Å². The normalized spacial score (nSPS) is 11.4. The first-order valence-corrected chi connectivity index (χ1v) is 5.79. The van der Waals surface area contributed by atoms with Crippen molar-refractivity contribution < 1.29 is 22.0 Å². The first kappa shape index (κ1) is 15.8. The molecule has 0 aliphatic heterocycles. The second-order valence-electron chi connectivity index (χ2n) is 4.12. The average molecular weight is 282 g/mol. The molecular weight excluding hydrogens is 267 g/mol. The highest BCUT2D eigenvalue weighted by molar-refractivity contribution is 5.23. The number of hydrogen-bond donors (Lipinski definition) is 1. The van der Waals surface area contributed by atoms with Crippen molar-refractivity contribution in [3.8, 4) is 0 Å². The number of halogens is 5. The summed E-state index contributed by atoms with van der Waals surface area (Å²) in [5.74, 6) is -9.53. The van der Waals surface area contributed by atoms with Crippen LogP contribution in [0.1, 0.15) is 12.5 Å². The third kappa shape index (κ3) is 3.63. The Kier molecular flexibility index (Phi) is 5.68. The molecule has 1 rings (SSSR count). The summed E-state index contributed by atoms with van der Waals surface area (Å²) in [5, 5.41) is 2.65. The molecule has 108 valence electrons. The highest BCUT2D eigenvalue weighted by Gasteiger charge is 2.25. The highest BCUT2D eigenvalue weighted by Crippen LogP contribution is 2.22. The monoisotopic (exact) mass is 282 g/mol. The topological polar surface area (TPSA) is 15.3 Å². The molecule has 0 heterocycles. The van der Waals surface area contributed by atoms with Gasteiger partial charge >= 0.3 is 0 Å². The van der Waals surface area contributed by atoms with Crippen molar-refractivity contribution in [3.05, 3.63) is 34.6 Å². The third-order valence-corrected chi connectivity index (χ3v) is 2.81. The second kappa shape index (κ2) is 6.81.